The van der Waals surface area contributed by atoms with Gasteiger partial charge in [0.25, 0.3) is 0 Å². The van der Waals surface area contributed by atoms with E-state index >= 15 is 0 Å². The molecule has 0 aliphatic carbocycles. The van der Waals surface area contributed by atoms with Crippen LogP contribution in [0.2, 0.25) is 0 Å². The summed E-state index contributed by atoms with van der Waals surface area (Å²) in [6.45, 7) is 2.00. The van der Waals surface area contributed by atoms with Crippen molar-refractivity contribution in [3.63, 3.8) is 0 Å². The minimum atomic E-state index is -0.657. The number of fused-ring (bicyclic) bond motifs is 1. The summed E-state index contributed by atoms with van der Waals surface area (Å²) in [5.41, 5.74) is 1.70. The summed E-state index contributed by atoms with van der Waals surface area (Å²) in [6, 6.07) is 14.5. The van der Waals surface area contributed by atoms with Gasteiger partial charge in [-0.1, -0.05) is 42.0 Å². The monoisotopic (exact) mass is 306 g/mol. The number of benzene rings is 2. The van der Waals surface area contributed by atoms with Crippen LogP contribution in [0.15, 0.2) is 67.9 Å². The molecule has 5 nitrogen and oxygen atoms in total. The predicted molar refractivity (Wildman–Crippen MR) is 90.5 cm³/mol. The fourth-order valence-electron chi connectivity index (χ4n) is 2.11. The quantitative estimate of drug-likeness (QED) is 0.458. The van der Waals surface area contributed by atoms with Gasteiger partial charge in [-0.05, 0) is 24.6 Å². The van der Waals surface area contributed by atoms with Crippen molar-refractivity contribution in [1.29, 1.82) is 0 Å². The molecular formula is C18H14N2O3. The number of aryl methyl sites for hydroxylation is 1. The van der Waals surface area contributed by atoms with E-state index in [1.54, 1.807) is 30.5 Å². The van der Waals surface area contributed by atoms with Gasteiger partial charge in [-0.2, -0.15) is 10.2 Å². The van der Waals surface area contributed by atoms with Gasteiger partial charge in [0, 0.05) is 0 Å². The number of aromatic hydroxyl groups is 1. The Labute approximate surface area is 132 Å². The minimum absolute atomic E-state index is 0.0234. The second-order valence-electron chi connectivity index (χ2n) is 5.05. The largest absolute Gasteiger partial charge is 0.506 e. The second-order valence-corrected chi connectivity index (χ2v) is 5.05. The van der Waals surface area contributed by atoms with Crippen molar-refractivity contribution in [2.45, 2.75) is 6.92 Å². The number of nitrogens with zero attached hydrogens (tertiary/aromatic N) is 2. The van der Waals surface area contributed by atoms with Crippen molar-refractivity contribution >= 4 is 23.4 Å². The lowest BCUT2D eigenvalue weighted by Gasteiger charge is -2.01. The summed E-state index contributed by atoms with van der Waals surface area (Å²) in [5.74, 6) is -0.161. The molecule has 23 heavy (non-hydrogen) atoms. The zero-order valence-electron chi connectivity index (χ0n) is 12.4. The first-order chi connectivity index (χ1) is 11.1. The molecule has 0 atom stereocenters. The van der Waals surface area contributed by atoms with E-state index < -0.39 is 5.63 Å². The first kappa shape index (κ1) is 14.7. The lowest BCUT2D eigenvalue weighted by molar-refractivity contribution is 0.466. The van der Waals surface area contributed by atoms with E-state index in [2.05, 4.69) is 10.2 Å². The van der Waals surface area contributed by atoms with Crippen molar-refractivity contribution in [2.24, 2.45) is 10.2 Å². The normalized spacial score (nSPS) is 11.7. The second kappa shape index (κ2) is 6.27. The lowest BCUT2D eigenvalue weighted by Crippen LogP contribution is -2.06. The molecular weight excluding hydrogens is 292 g/mol. The van der Waals surface area contributed by atoms with Crippen LogP contribution in [-0.2, 0) is 0 Å². The van der Waals surface area contributed by atoms with Crippen LogP contribution in [0.3, 0.4) is 0 Å². The molecule has 0 radical (unpaired) electrons. The molecule has 2 aromatic carbocycles. The maximum Gasteiger partial charge on any atom is 0.349 e. The van der Waals surface area contributed by atoms with E-state index in [0.29, 0.717) is 11.0 Å². The van der Waals surface area contributed by atoms with Gasteiger partial charge in [0.05, 0.1) is 17.8 Å². The summed E-state index contributed by atoms with van der Waals surface area (Å²) in [4.78, 5) is 11.9. The van der Waals surface area contributed by atoms with Crippen LogP contribution >= 0.6 is 0 Å². The molecule has 0 fully saturated rings. The van der Waals surface area contributed by atoms with E-state index in [1.807, 2.05) is 31.2 Å². The Hall–Kier alpha value is -3.21. The van der Waals surface area contributed by atoms with Gasteiger partial charge in [0.15, 0.2) is 0 Å². The Morgan fingerprint density at radius 1 is 1.00 bits per heavy atom. The minimum Gasteiger partial charge on any atom is -0.506 e. The fraction of sp³-hybridized carbons (Fsp3) is 0.0556. The summed E-state index contributed by atoms with van der Waals surface area (Å²) < 4.78 is 5.14. The van der Waals surface area contributed by atoms with Crippen LogP contribution < -0.4 is 5.63 Å². The third-order valence-corrected chi connectivity index (χ3v) is 3.36. The van der Waals surface area contributed by atoms with Gasteiger partial charge in [0.2, 0.25) is 0 Å². The van der Waals surface area contributed by atoms with Crippen molar-refractivity contribution in [1.82, 2.24) is 0 Å². The molecule has 0 saturated heterocycles. The molecule has 1 aromatic heterocycles. The highest BCUT2D eigenvalue weighted by molar-refractivity contribution is 5.93. The van der Waals surface area contributed by atoms with Gasteiger partial charge < -0.3 is 9.52 Å². The van der Waals surface area contributed by atoms with Crippen LogP contribution in [0.1, 0.15) is 16.7 Å². The lowest BCUT2D eigenvalue weighted by atomic mass is 10.1. The molecule has 1 heterocycles. The summed E-state index contributed by atoms with van der Waals surface area (Å²) in [6.07, 6.45) is 2.76. The molecule has 1 N–H and O–H groups in total. The van der Waals surface area contributed by atoms with Crippen molar-refractivity contribution < 1.29 is 9.52 Å². The van der Waals surface area contributed by atoms with E-state index in [1.165, 1.54) is 6.21 Å². The molecule has 114 valence electrons. The van der Waals surface area contributed by atoms with E-state index in [-0.39, 0.29) is 11.3 Å². The first-order valence-corrected chi connectivity index (χ1v) is 7.03. The van der Waals surface area contributed by atoms with Gasteiger partial charge in [-0.25, -0.2) is 4.79 Å². The van der Waals surface area contributed by atoms with Crippen LogP contribution in [0.4, 0.5) is 0 Å². The Bertz CT molecular complexity index is 954. The molecule has 0 aliphatic rings. The number of hydrogen-bond donors (Lipinski definition) is 1. The molecule has 0 spiro atoms. The number of hydrogen-bond acceptors (Lipinski definition) is 5. The molecule has 3 rings (SSSR count). The van der Waals surface area contributed by atoms with E-state index in [9.17, 15) is 9.90 Å². The average Bonchev–Trinajstić information content (AvgIpc) is 2.55. The highest BCUT2D eigenvalue weighted by Crippen LogP contribution is 2.24. The Kier molecular flexibility index (Phi) is 4.01. The van der Waals surface area contributed by atoms with Gasteiger partial charge in [0.1, 0.15) is 16.9 Å². The highest BCUT2D eigenvalue weighted by atomic mass is 16.4. The standard InChI is InChI=1S/C18H14N2O3/c1-12-6-8-13(9-7-12)10-19-20-11-15-17(21)14-4-2-3-5-16(14)23-18(15)22/h2-11,21H,1H3/b19-10+,20-11+. The number of para-hydroxylation sites is 1. The number of rotatable bonds is 3. The smallest absolute Gasteiger partial charge is 0.349 e. The van der Waals surface area contributed by atoms with Crippen molar-refractivity contribution in [2.75, 3.05) is 0 Å². The molecule has 0 bridgehead atoms. The maximum absolute atomic E-state index is 11.9. The summed E-state index contributed by atoms with van der Waals surface area (Å²) >= 11 is 0. The van der Waals surface area contributed by atoms with E-state index in [4.69, 9.17) is 4.42 Å². The fourth-order valence-corrected chi connectivity index (χ4v) is 2.11. The van der Waals surface area contributed by atoms with E-state index in [0.717, 1.165) is 11.1 Å². The van der Waals surface area contributed by atoms with Crippen LogP contribution in [0, 0.1) is 6.92 Å². The Balaban J connectivity index is 1.89. The zero-order valence-corrected chi connectivity index (χ0v) is 12.4. The third kappa shape index (κ3) is 3.18. The first-order valence-electron chi connectivity index (χ1n) is 7.03. The van der Waals surface area contributed by atoms with Crippen LogP contribution in [0.25, 0.3) is 11.0 Å². The maximum atomic E-state index is 11.9. The van der Waals surface area contributed by atoms with Gasteiger partial charge in [-0.15, -0.1) is 0 Å². The molecule has 0 saturated carbocycles. The van der Waals surface area contributed by atoms with Gasteiger partial charge >= 0.3 is 5.63 Å². The highest BCUT2D eigenvalue weighted by Gasteiger charge is 2.11. The topological polar surface area (TPSA) is 75.2 Å². The molecule has 3 aromatic rings. The molecule has 0 amide bonds. The third-order valence-electron chi connectivity index (χ3n) is 3.36. The van der Waals surface area contributed by atoms with Crippen LogP contribution in [0.5, 0.6) is 5.75 Å². The summed E-state index contributed by atoms with van der Waals surface area (Å²) in [5, 5.41) is 18.3. The van der Waals surface area contributed by atoms with Crippen molar-refractivity contribution in [3.8, 4) is 5.75 Å². The zero-order chi connectivity index (χ0) is 16.2. The molecule has 5 heteroatoms. The SMILES string of the molecule is Cc1ccc(/C=N/N=C/c2c(O)c3ccccc3oc2=O)cc1. The predicted octanol–water partition coefficient (Wildman–Crippen LogP) is 3.26. The Morgan fingerprint density at radius 2 is 1.70 bits per heavy atom. The average molecular weight is 306 g/mol. The molecule has 0 aliphatic heterocycles. The Morgan fingerprint density at radius 3 is 2.48 bits per heavy atom. The van der Waals surface area contributed by atoms with Gasteiger partial charge in [-0.3, -0.25) is 0 Å². The molecule has 0 unspecified atom stereocenters. The van der Waals surface area contributed by atoms with Crippen LogP contribution in [-0.4, -0.2) is 17.5 Å². The summed E-state index contributed by atoms with van der Waals surface area (Å²) in [7, 11) is 0. The van der Waals surface area contributed by atoms with Crippen molar-refractivity contribution in [3.05, 3.63) is 75.6 Å².